The lowest BCUT2D eigenvalue weighted by molar-refractivity contribution is -0.129. The third-order valence-corrected chi connectivity index (χ3v) is 11.2. The zero-order valence-corrected chi connectivity index (χ0v) is 32.0. The predicted molar refractivity (Wildman–Crippen MR) is 199 cm³/mol. The van der Waals surface area contributed by atoms with Crippen LogP contribution in [-0.2, 0) is 26.5 Å². The number of phenols is 1. The van der Waals surface area contributed by atoms with E-state index >= 15 is 0 Å². The third kappa shape index (κ3) is 9.29. The average molecular weight is 633 g/mol. The van der Waals surface area contributed by atoms with Crippen LogP contribution in [0.25, 0.3) is 0 Å². The summed E-state index contributed by atoms with van der Waals surface area (Å²) in [6.45, 7) is 33.0. The number of aromatic hydroxyl groups is 1. The SMILES string of the molecule is C=CC(=O)Oc1c(C(C)c2cc(C(C)(C)CCCCC)cc(C(C)(C)CC)c2O)cc(C(C)(C)CCCCC)cc1C(C)(C)CC. The van der Waals surface area contributed by atoms with Crippen LogP contribution in [0.15, 0.2) is 36.9 Å². The number of carbonyl (C=O) groups is 1. The molecule has 0 amide bonds. The van der Waals surface area contributed by atoms with Gasteiger partial charge in [0.15, 0.2) is 0 Å². The van der Waals surface area contributed by atoms with Gasteiger partial charge >= 0.3 is 5.97 Å². The molecule has 0 bridgehead atoms. The summed E-state index contributed by atoms with van der Waals surface area (Å²) in [6, 6.07) is 9.05. The van der Waals surface area contributed by atoms with Gasteiger partial charge in [-0.25, -0.2) is 4.79 Å². The molecule has 0 heterocycles. The molecule has 0 aliphatic heterocycles. The topological polar surface area (TPSA) is 46.5 Å². The predicted octanol–water partition coefficient (Wildman–Crippen LogP) is 12.7. The van der Waals surface area contributed by atoms with E-state index in [0.29, 0.717) is 11.5 Å². The van der Waals surface area contributed by atoms with Crippen LogP contribution in [0.3, 0.4) is 0 Å². The summed E-state index contributed by atoms with van der Waals surface area (Å²) in [6.07, 6.45) is 12.4. The van der Waals surface area contributed by atoms with E-state index in [1.165, 1.54) is 55.7 Å². The van der Waals surface area contributed by atoms with Crippen LogP contribution >= 0.6 is 0 Å². The van der Waals surface area contributed by atoms with Crippen molar-refractivity contribution in [2.24, 2.45) is 0 Å². The molecule has 2 rings (SSSR count). The number of hydrogen-bond acceptors (Lipinski definition) is 3. The molecule has 1 atom stereocenters. The third-order valence-electron chi connectivity index (χ3n) is 11.2. The normalized spacial score (nSPS) is 13.5. The van der Waals surface area contributed by atoms with Gasteiger partial charge in [0, 0.05) is 34.2 Å². The maximum absolute atomic E-state index is 12.9. The van der Waals surface area contributed by atoms with Gasteiger partial charge in [0.2, 0.25) is 0 Å². The van der Waals surface area contributed by atoms with Gasteiger partial charge in [-0.2, -0.15) is 0 Å². The first-order chi connectivity index (χ1) is 21.3. The summed E-state index contributed by atoms with van der Waals surface area (Å²) in [7, 11) is 0. The standard InChI is InChI=1S/C43H68O3/c1-15-20-22-24-42(11,12)31-26-33(38(45)35(28-31)40(7,8)18-4)30(6)34-27-32(43(13,14)25-23-21-16-2)29-36(41(9,10)19-5)39(34)46-37(44)17-3/h17,26-30,45H,3,15-16,18-25H2,1-2,4-14H3. The molecule has 0 fully saturated rings. The van der Waals surface area contributed by atoms with Crippen LogP contribution in [0, 0.1) is 0 Å². The maximum atomic E-state index is 12.9. The molecule has 2 aromatic carbocycles. The Hall–Kier alpha value is -2.55. The number of phenolic OH excluding ortho intramolecular Hbond substituents is 1. The number of hydrogen-bond donors (Lipinski definition) is 1. The van der Waals surface area contributed by atoms with Crippen molar-refractivity contribution < 1.29 is 14.6 Å². The highest BCUT2D eigenvalue weighted by Gasteiger charge is 2.35. The second-order valence-electron chi connectivity index (χ2n) is 16.4. The highest BCUT2D eigenvalue weighted by molar-refractivity contribution is 5.84. The minimum atomic E-state index is -0.459. The van der Waals surface area contributed by atoms with Gasteiger partial charge in [-0.1, -0.05) is 159 Å². The fourth-order valence-corrected chi connectivity index (χ4v) is 6.49. The van der Waals surface area contributed by atoms with Crippen molar-refractivity contribution in [2.75, 3.05) is 0 Å². The number of unbranched alkanes of at least 4 members (excludes halogenated alkanes) is 4. The molecule has 0 spiro atoms. The van der Waals surface area contributed by atoms with E-state index in [-0.39, 0.29) is 27.6 Å². The lowest BCUT2D eigenvalue weighted by atomic mass is 9.71. The van der Waals surface area contributed by atoms with Crippen molar-refractivity contribution in [1.29, 1.82) is 0 Å². The lowest BCUT2D eigenvalue weighted by Crippen LogP contribution is -2.25. The number of benzene rings is 2. The van der Waals surface area contributed by atoms with E-state index in [2.05, 4.69) is 121 Å². The Morgan fingerprint density at radius 1 is 0.717 bits per heavy atom. The van der Waals surface area contributed by atoms with E-state index in [0.717, 1.165) is 47.9 Å². The Labute approximate surface area is 283 Å². The molecule has 0 saturated carbocycles. The first kappa shape index (κ1) is 39.6. The van der Waals surface area contributed by atoms with E-state index in [1.807, 2.05) is 0 Å². The molecule has 3 nitrogen and oxygen atoms in total. The van der Waals surface area contributed by atoms with Crippen LogP contribution in [0.4, 0.5) is 0 Å². The summed E-state index contributed by atoms with van der Waals surface area (Å²) in [4.78, 5) is 12.9. The molecule has 1 N–H and O–H groups in total. The molecule has 0 saturated heterocycles. The smallest absolute Gasteiger partial charge is 0.335 e. The molecular weight excluding hydrogens is 564 g/mol. The summed E-state index contributed by atoms with van der Waals surface area (Å²) in [5.74, 6) is 0.292. The minimum Gasteiger partial charge on any atom is -0.507 e. The van der Waals surface area contributed by atoms with Gasteiger partial charge in [-0.3, -0.25) is 0 Å². The van der Waals surface area contributed by atoms with Crippen LogP contribution in [0.2, 0.25) is 0 Å². The van der Waals surface area contributed by atoms with Crippen LogP contribution in [0.1, 0.15) is 194 Å². The summed E-state index contributed by atoms with van der Waals surface area (Å²) >= 11 is 0. The zero-order chi connectivity index (χ0) is 35.1. The van der Waals surface area contributed by atoms with Gasteiger partial charge in [-0.05, 0) is 58.5 Å². The second kappa shape index (κ2) is 16.0. The van der Waals surface area contributed by atoms with Crippen LogP contribution < -0.4 is 4.74 Å². The summed E-state index contributed by atoms with van der Waals surface area (Å²) < 4.78 is 6.21. The number of rotatable bonds is 18. The molecular formula is C43H68O3. The zero-order valence-electron chi connectivity index (χ0n) is 32.0. The highest BCUT2D eigenvalue weighted by Crippen LogP contribution is 2.49. The van der Waals surface area contributed by atoms with Crippen LogP contribution in [0.5, 0.6) is 11.5 Å². The van der Waals surface area contributed by atoms with Crippen molar-refractivity contribution >= 4 is 5.97 Å². The molecule has 0 radical (unpaired) electrons. The first-order valence-electron chi connectivity index (χ1n) is 18.2. The molecule has 0 aromatic heterocycles. The summed E-state index contributed by atoms with van der Waals surface area (Å²) in [5.41, 5.74) is 5.84. The fourth-order valence-electron chi connectivity index (χ4n) is 6.49. The largest absolute Gasteiger partial charge is 0.507 e. The monoisotopic (exact) mass is 633 g/mol. The van der Waals surface area contributed by atoms with E-state index in [4.69, 9.17) is 4.74 Å². The van der Waals surface area contributed by atoms with Gasteiger partial charge in [0.25, 0.3) is 0 Å². The van der Waals surface area contributed by atoms with Gasteiger partial charge in [-0.15, -0.1) is 0 Å². The van der Waals surface area contributed by atoms with Crippen molar-refractivity contribution in [3.63, 3.8) is 0 Å². The fraction of sp³-hybridized carbons (Fsp3) is 0.651. The average Bonchev–Trinajstić information content (AvgIpc) is 3.00. The number of carbonyl (C=O) groups excluding carboxylic acids is 1. The molecule has 2 aromatic rings. The van der Waals surface area contributed by atoms with Gasteiger partial charge in [0.05, 0.1) is 0 Å². The number of ether oxygens (including phenoxy) is 1. The highest BCUT2D eigenvalue weighted by atomic mass is 16.5. The first-order valence-corrected chi connectivity index (χ1v) is 18.2. The molecule has 258 valence electrons. The Morgan fingerprint density at radius 2 is 1.15 bits per heavy atom. The van der Waals surface area contributed by atoms with Crippen molar-refractivity contribution in [1.82, 2.24) is 0 Å². The van der Waals surface area contributed by atoms with E-state index in [1.54, 1.807) is 0 Å². The molecule has 46 heavy (non-hydrogen) atoms. The maximum Gasteiger partial charge on any atom is 0.335 e. The Morgan fingerprint density at radius 3 is 1.59 bits per heavy atom. The molecule has 1 unspecified atom stereocenters. The minimum absolute atomic E-state index is 0.0491. The van der Waals surface area contributed by atoms with Crippen molar-refractivity contribution in [3.05, 3.63) is 70.3 Å². The van der Waals surface area contributed by atoms with Crippen molar-refractivity contribution in [2.45, 2.75) is 182 Å². The number of esters is 1. The van der Waals surface area contributed by atoms with E-state index < -0.39 is 5.97 Å². The van der Waals surface area contributed by atoms with Crippen molar-refractivity contribution in [3.8, 4) is 11.5 Å². The van der Waals surface area contributed by atoms with Crippen LogP contribution in [-0.4, -0.2) is 11.1 Å². The van der Waals surface area contributed by atoms with E-state index in [9.17, 15) is 9.90 Å². The molecule has 0 aliphatic carbocycles. The van der Waals surface area contributed by atoms with Gasteiger partial charge < -0.3 is 9.84 Å². The lowest BCUT2D eigenvalue weighted by Gasteiger charge is -2.35. The Bertz CT molecular complexity index is 1320. The second-order valence-corrected chi connectivity index (χ2v) is 16.4. The summed E-state index contributed by atoms with van der Waals surface area (Å²) in [5, 5.41) is 12.1. The molecule has 0 aliphatic rings. The van der Waals surface area contributed by atoms with Gasteiger partial charge in [0.1, 0.15) is 11.5 Å². The Balaban J connectivity index is 3.04. The quantitative estimate of drug-likeness (QED) is 0.0769. The Kier molecular flexibility index (Phi) is 13.8. The molecule has 3 heteroatoms.